The van der Waals surface area contributed by atoms with Gasteiger partial charge < -0.3 is 10.0 Å². The zero-order valence-corrected chi connectivity index (χ0v) is 24.7. The monoisotopic (exact) mass is 640 g/mol. The molecule has 0 spiro atoms. The number of hydrogen-bond donors (Lipinski definition) is 1. The summed E-state index contributed by atoms with van der Waals surface area (Å²) in [5.74, 6) is -1.96. The molecule has 8 nitrogen and oxygen atoms in total. The van der Waals surface area contributed by atoms with Gasteiger partial charge in [-0.25, -0.2) is 23.7 Å². The van der Waals surface area contributed by atoms with Gasteiger partial charge in [-0.2, -0.15) is 13.2 Å². The van der Waals surface area contributed by atoms with Gasteiger partial charge in [0, 0.05) is 62.2 Å². The fraction of sp³-hybridized carbons (Fsp3) is 0.533. The van der Waals surface area contributed by atoms with Crippen molar-refractivity contribution in [3.05, 3.63) is 56.8 Å². The Morgan fingerprint density at radius 3 is 2.43 bits per heavy atom. The first-order chi connectivity index (χ1) is 20.4. The Bertz CT molecular complexity index is 1470. The van der Waals surface area contributed by atoms with Crippen LogP contribution in [0.3, 0.4) is 0 Å². The summed E-state index contributed by atoms with van der Waals surface area (Å²) in [5.41, 5.74) is -0.694. The highest BCUT2D eigenvalue weighted by atomic mass is 32.1. The number of likely N-dealkylation sites (tertiary alicyclic amines) is 1. The van der Waals surface area contributed by atoms with Crippen molar-refractivity contribution >= 4 is 23.1 Å². The van der Waals surface area contributed by atoms with E-state index in [2.05, 4.69) is 26.8 Å². The number of carboxylic acid groups (broad SMARTS) is 1. The van der Waals surface area contributed by atoms with Crippen molar-refractivity contribution < 1.29 is 31.9 Å². The lowest BCUT2D eigenvalue weighted by Crippen LogP contribution is -2.47. The molecule has 2 saturated heterocycles. The molecule has 0 radical (unpaired) electrons. The predicted molar refractivity (Wildman–Crippen MR) is 159 cm³/mol. The van der Waals surface area contributed by atoms with Crippen molar-refractivity contribution in [2.75, 3.05) is 44.2 Å². The van der Waals surface area contributed by atoms with Gasteiger partial charge in [0.25, 0.3) is 0 Å². The molecule has 44 heavy (non-hydrogen) atoms. The fourth-order valence-electron chi connectivity index (χ4n) is 5.62. The molecule has 0 amide bonds. The number of aryl methyl sites for hydroxylation is 1. The largest absolute Gasteiger partial charge is 0.481 e. The van der Waals surface area contributed by atoms with Gasteiger partial charge in [-0.05, 0) is 51.4 Å². The Labute approximate surface area is 257 Å². The zero-order valence-electron chi connectivity index (χ0n) is 23.9. The van der Waals surface area contributed by atoms with Crippen LogP contribution in [-0.2, 0) is 23.9 Å². The molecular formula is C30H37F5N6O2S. The van der Waals surface area contributed by atoms with Crippen LogP contribution in [0.15, 0.2) is 18.2 Å². The number of nitrogens with zero attached hydrogens (tertiary/aromatic N) is 6. The Kier molecular flexibility index (Phi) is 10.6. The molecule has 2 fully saturated rings. The molecule has 5 rings (SSSR count). The number of aromatic nitrogens is 3. The molecule has 0 bridgehead atoms. The van der Waals surface area contributed by atoms with Crippen molar-refractivity contribution in [1.82, 2.24) is 24.8 Å². The van der Waals surface area contributed by atoms with Gasteiger partial charge in [0.05, 0.1) is 28.4 Å². The Hall–Kier alpha value is -3.23. The lowest BCUT2D eigenvalue weighted by molar-refractivity contribution is -0.138. The standard InChI is InChI=1S/C29H33F5N6O2S.CH4/c1-17-4-3-6-40(17)16-23-27(19-12-20(29(32,33)34)14-21(30)13-19)37-24(43-23)15-22-26(31)28(36-18(2)35-22)39-10-8-38(9-11-39)7-5-25(41)42;/h12-14,17H,3-11,15-16H2,1-2H3,(H,41,42);1H4/t17-;/m1./s1. The van der Waals surface area contributed by atoms with Gasteiger partial charge in [0.1, 0.15) is 11.6 Å². The molecular weight excluding hydrogens is 603 g/mol. The number of aliphatic carboxylic acids is 1. The van der Waals surface area contributed by atoms with E-state index in [1.807, 2.05) is 9.80 Å². The highest BCUT2D eigenvalue weighted by molar-refractivity contribution is 7.12. The minimum atomic E-state index is -4.72. The second-order valence-electron chi connectivity index (χ2n) is 11.1. The zero-order chi connectivity index (χ0) is 30.9. The van der Waals surface area contributed by atoms with Gasteiger partial charge in [-0.1, -0.05) is 7.43 Å². The average molecular weight is 641 g/mol. The first kappa shape index (κ1) is 33.7. The number of alkyl halides is 3. The number of halogens is 5. The van der Waals surface area contributed by atoms with Gasteiger partial charge >= 0.3 is 12.1 Å². The summed E-state index contributed by atoms with van der Waals surface area (Å²) in [5, 5.41) is 9.40. The van der Waals surface area contributed by atoms with E-state index in [-0.39, 0.29) is 49.1 Å². The summed E-state index contributed by atoms with van der Waals surface area (Å²) in [6.45, 7) is 7.49. The molecule has 2 aromatic heterocycles. The van der Waals surface area contributed by atoms with E-state index < -0.39 is 29.3 Å². The third kappa shape index (κ3) is 7.88. The third-order valence-corrected chi connectivity index (χ3v) is 8.96. The maximum Gasteiger partial charge on any atom is 0.416 e. The number of hydrogen-bond acceptors (Lipinski definition) is 8. The molecule has 4 heterocycles. The van der Waals surface area contributed by atoms with Crippen LogP contribution in [0.5, 0.6) is 0 Å². The van der Waals surface area contributed by atoms with Crippen LogP contribution >= 0.6 is 11.3 Å². The van der Waals surface area contributed by atoms with Crippen LogP contribution in [0.25, 0.3) is 11.3 Å². The maximum atomic E-state index is 15.9. The van der Waals surface area contributed by atoms with Gasteiger partial charge in [-0.15, -0.1) is 11.3 Å². The smallest absolute Gasteiger partial charge is 0.416 e. The van der Waals surface area contributed by atoms with Crippen molar-refractivity contribution in [3.8, 4) is 11.3 Å². The topological polar surface area (TPSA) is 85.7 Å². The summed E-state index contributed by atoms with van der Waals surface area (Å²) in [6, 6.07) is 2.70. The predicted octanol–water partition coefficient (Wildman–Crippen LogP) is 6.01. The molecule has 0 unspecified atom stereocenters. The second kappa shape index (κ2) is 13.8. The molecule has 1 N–H and O–H groups in total. The van der Waals surface area contributed by atoms with E-state index >= 15 is 4.39 Å². The molecule has 14 heteroatoms. The number of carbonyl (C=O) groups is 1. The molecule has 3 aromatic rings. The van der Waals surface area contributed by atoms with Crippen LogP contribution in [0.4, 0.5) is 27.8 Å². The fourth-order valence-corrected chi connectivity index (χ4v) is 6.74. The third-order valence-electron chi connectivity index (χ3n) is 7.92. The number of rotatable bonds is 9. The summed E-state index contributed by atoms with van der Waals surface area (Å²) < 4.78 is 70.8. The normalized spacial score (nSPS) is 18.1. The minimum absolute atomic E-state index is 0. The first-order valence-corrected chi connectivity index (χ1v) is 15.0. The van der Waals surface area contributed by atoms with E-state index in [0.717, 1.165) is 31.5 Å². The minimum Gasteiger partial charge on any atom is -0.481 e. The lowest BCUT2D eigenvalue weighted by Gasteiger charge is -2.35. The SMILES string of the molecule is C.Cc1nc(Cc2nc(-c3cc(F)cc(C(F)(F)F)c3)c(CN3CCC[C@H]3C)s2)c(F)c(N2CCN(CCC(=O)O)CC2)n1. The second-order valence-corrected chi connectivity index (χ2v) is 12.2. The molecule has 1 atom stereocenters. The average Bonchev–Trinajstić information content (AvgIpc) is 3.54. The van der Waals surface area contributed by atoms with Crippen molar-refractivity contribution in [1.29, 1.82) is 0 Å². The number of carboxylic acids is 1. The number of thiazole rings is 1. The van der Waals surface area contributed by atoms with Crippen LogP contribution < -0.4 is 4.90 Å². The quantitative estimate of drug-likeness (QED) is 0.285. The highest BCUT2D eigenvalue weighted by Gasteiger charge is 2.33. The van der Waals surface area contributed by atoms with Crippen molar-refractivity contribution in [2.24, 2.45) is 0 Å². The molecule has 1 aromatic carbocycles. The number of piperazine rings is 1. The van der Waals surface area contributed by atoms with Gasteiger partial charge in [0.15, 0.2) is 11.6 Å². The summed E-state index contributed by atoms with van der Waals surface area (Å²) in [4.78, 5) is 30.9. The number of anilines is 1. The summed E-state index contributed by atoms with van der Waals surface area (Å²) >= 11 is 1.27. The Morgan fingerprint density at radius 1 is 1.07 bits per heavy atom. The molecule has 0 aliphatic carbocycles. The molecule has 0 saturated carbocycles. The van der Waals surface area contributed by atoms with Gasteiger partial charge in [0.2, 0.25) is 0 Å². The highest BCUT2D eigenvalue weighted by Crippen LogP contribution is 2.37. The van der Waals surface area contributed by atoms with E-state index in [1.165, 1.54) is 11.3 Å². The lowest BCUT2D eigenvalue weighted by atomic mass is 10.1. The van der Waals surface area contributed by atoms with E-state index in [1.54, 1.807) is 6.92 Å². The Balaban J connectivity index is 0.00000442. The van der Waals surface area contributed by atoms with E-state index in [4.69, 9.17) is 5.11 Å². The van der Waals surface area contributed by atoms with Crippen molar-refractivity contribution in [2.45, 2.75) is 65.7 Å². The Morgan fingerprint density at radius 2 is 1.80 bits per heavy atom. The molecule has 240 valence electrons. The molecule has 2 aliphatic rings. The molecule has 2 aliphatic heterocycles. The van der Waals surface area contributed by atoms with Crippen LogP contribution in [0, 0.1) is 18.6 Å². The van der Waals surface area contributed by atoms with Crippen LogP contribution in [-0.4, -0.2) is 81.1 Å². The van der Waals surface area contributed by atoms with Crippen molar-refractivity contribution in [3.63, 3.8) is 0 Å². The number of benzene rings is 1. The maximum absolute atomic E-state index is 15.9. The van der Waals surface area contributed by atoms with E-state index in [0.29, 0.717) is 61.0 Å². The summed E-state index contributed by atoms with van der Waals surface area (Å²) in [6.07, 6.45) is -2.69. The van der Waals surface area contributed by atoms with E-state index in [9.17, 15) is 22.4 Å². The first-order valence-electron chi connectivity index (χ1n) is 14.2. The van der Waals surface area contributed by atoms with Gasteiger partial charge in [-0.3, -0.25) is 14.6 Å². The summed E-state index contributed by atoms with van der Waals surface area (Å²) in [7, 11) is 0. The van der Waals surface area contributed by atoms with Crippen LogP contribution in [0.2, 0.25) is 0 Å². The van der Waals surface area contributed by atoms with Crippen LogP contribution in [0.1, 0.15) is 60.6 Å².